The first kappa shape index (κ1) is 14.6. The van der Waals surface area contributed by atoms with Gasteiger partial charge in [-0.15, -0.1) is 0 Å². The zero-order valence-electron chi connectivity index (χ0n) is 9.74. The van der Waals surface area contributed by atoms with E-state index < -0.39 is 10.0 Å². The van der Waals surface area contributed by atoms with Crippen molar-refractivity contribution in [2.45, 2.75) is 18.2 Å². The molecule has 1 aromatic carbocycles. The lowest BCUT2D eigenvalue weighted by Gasteiger charge is -2.07. The summed E-state index contributed by atoms with van der Waals surface area (Å²) in [5.74, 6) is 0. The Morgan fingerprint density at radius 1 is 1.12 bits per heavy atom. The van der Waals surface area contributed by atoms with Crippen LogP contribution in [0, 0.1) is 0 Å². The maximum atomic E-state index is 11.8. The maximum Gasteiger partial charge on any atom is 0.240 e. The Morgan fingerprint density at radius 3 is 2.35 bits per heavy atom. The summed E-state index contributed by atoms with van der Waals surface area (Å²) in [6, 6.07) is 6.57. The summed E-state index contributed by atoms with van der Waals surface area (Å²) in [6.07, 6.45) is 1.04. The van der Waals surface area contributed by atoms with Crippen molar-refractivity contribution >= 4 is 26.0 Å². The largest absolute Gasteiger partial charge is 0.315 e. The molecule has 0 aliphatic heterocycles. The van der Waals surface area contributed by atoms with Crippen molar-refractivity contribution in [2.75, 3.05) is 19.6 Å². The highest BCUT2D eigenvalue weighted by atomic mass is 79.9. The average Bonchev–Trinajstić information content (AvgIpc) is 2.29. The summed E-state index contributed by atoms with van der Waals surface area (Å²) in [6.45, 7) is 4.01. The number of nitrogens with one attached hydrogen (secondary N) is 2. The van der Waals surface area contributed by atoms with Gasteiger partial charge >= 0.3 is 0 Å². The molecule has 4 nitrogen and oxygen atoms in total. The van der Waals surface area contributed by atoms with E-state index in [1.807, 2.05) is 0 Å². The predicted octanol–water partition coefficient (Wildman–Crippen LogP) is 1.73. The van der Waals surface area contributed by atoms with Crippen LogP contribution >= 0.6 is 15.9 Å². The Kier molecular flexibility index (Phi) is 6.11. The Hall–Kier alpha value is -0.430. The third-order valence-corrected chi connectivity index (χ3v) is 4.15. The second-order valence-electron chi connectivity index (χ2n) is 3.60. The molecule has 0 radical (unpaired) electrons. The number of hydrogen-bond donors (Lipinski definition) is 2. The minimum absolute atomic E-state index is 0.288. The van der Waals surface area contributed by atoms with Gasteiger partial charge in [0.1, 0.15) is 0 Å². The number of rotatable bonds is 7. The molecule has 2 N–H and O–H groups in total. The van der Waals surface area contributed by atoms with Crippen molar-refractivity contribution in [3.63, 3.8) is 0 Å². The van der Waals surface area contributed by atoms with Gasteiger partial charge in [0.15, 0.2) is 0 Å². The molecule has 0 aliphatic rings. The number of sulfonamides is 1. The van der Waals surface area contributed by atoms with Crippen molar-refractivity contribution in [3.05, 3.63) is 28.7 Å². The molecule has 17 heavy (non-hydrogen) atoms. The molecule has 0 spiro atoms. The Balaban J connectivity index is 2.48. The Bertz CT molecular complexity index is 431. The summed E-state index contributed by atoms with van der Waals surface area (Å²) >= 11 is 3.27. The molecule has 0 unspecified atom stereocenters. The van der Waals surface area contributed by atoms with Crippen LogP contribution in [0.2, 0.25) is 0 Å². The molecule has 0 atom stereocenters. The van der Waals surface area contributed by atoms with Gasteiger partial charge < -0.3 is 5.32 Å². The predicted molar refractivity (Wildman–Crippen MR) is 72.5 cm³/mol. The van der Waals surface area contributed by atoms with Crippen LogP contribution in [0.25, 0.3) is 0 Å². The van der Waals surface area contributed by atoms with E-state index in [4.69, 9.17) is 0 Å². The summed E-state index contributed by atoms with van der Waals surface area (Å²) in [5.41, 5.74) is 0. The highest BCUT2D eigenvalue weighted by Gasteiger charge is 2.12. The van der Waals surface area contributed by atoms with E-state index >= 15 is 0 Å². The number of hydrogen-bond acceptors (Lipinski definition) is 3. The second kappa shape index (κ2) is 7.10. The highest BCUT2D eigenvalue weighted by molar-refractivity contribution is 9.10. The van der Waals surface area contributed by atoms with Crippen LogP contribution in [0.4, 0.5) is 0 Å². The zero-order chi connectivity index (χ0) is 12.7. The molecule has 1 rings (SSSR count). The fourth-order valence-electron chi connectivity index (χ4n) is 1.27. The molecule has 0 heterocycles. The highest BCUT2D eigenvalue weighted by Crippen LogP contribution is 2.14. The van der Waals surface area contributed by atoms with Crippen LogP contribution < -0.4 is 10.0 Å². The topological polar surface area (TPSA) is 58.2 Å². The lowest BCUT2D eigenvalue weighted by molar-refractivity contribution is 0.575. The van der Waals surface area contributed by atoms with E-state index in [2.05, 4.69) is 32.9 Å². The van der Waals surface area contributed by atoms with Gasteiger partial charge in [-0.1, -0.05) is 22.9 Å². The Labute approximate surface area is 111 Å². The molecular formula is C11H17BrN2O2S. The van der Waals surface area contributed by atoms with Crippen molar-refractivity contribution < 1.29 is 8.42 Å². The van der Waals surface area contributed by atoms with Crippen molar-refractivity contribution in [1.29, 1.82) is 0 Å². The van der Waals surface area contributed by atoms with Gasteiger partial charge in [-0.2, -0.15) is 0 Å². The summed E-state index contributed by atoms with van der Waals surface area (Å²) < 4.78 is 27.1. The molecule has 0 bridgehead atoms. The fourth-order valence-corrected chi connectivity index (χ4v) is 2.57. The third-order valence-electron chi connectivity index (χ3n) is 2.14. The summed E-state index contributed by atoms with van der Waals surface area (Å²) in [4.78, 5) is 0.288. The molecule has 96 valence electrons. The van der Waals surface area contributed by atoms with Gasteiger partial charge in [0, 0.05) is 17.6 Å². The monoisotopic (exact) mass is 320 g/mol. The van der Waals surface area contributed by atoms with Crippen molar-refractivity contribution in [1.82, 2.24) is 10.0 Å². The van der Waals surface area contributed by atoms with E-state index in [1.54, 1.807) is 24.3 Å². The van der Waals surface area contributed by atoms with E-state index in [9.17, 15) is 8.42 Å². The van der Waals surface area contributed by atoms with E-state index in [0.717, 1.165) is 17.4 Å². The molecule has 0 saturated carbocycles. The normalized spacial score (nSPS) is 11.6. The number of halogens is 1. The Morgan fingerprint density at radius 2 is 1.76 bits per heavy atom. The molecule has 1 aromatic rings. The van der Waals surface area contributed by atoms with Crippen molar-refractivity contribution in [2.24, 2.45) is 0 Å². The molecule has 0 aromatic heterocycles. The quantitative estimate of drug-likeness (QED) is 0.752. The van der Waals surface area contributed by atoms with Crippen LogP contribution in [-0.4, -0.2) is 28.1 Å². The average molecular weight is 321 g/mol. The van der Waals surface area contributed by atoms with Crippen LogP contribution in [0.15, 0.2) is 33.6 Å². The van der Waals surface area contributed by atoms with Gasteiger partial charge in [-0.3, -0.25) is 0 Å². The second-order valence-corrected chi connectivity index (χ2v) is 6.28. The van der Waals surface area contributed by atoms with Gasteiger partial charge in [-0.05, 0) is 37.2 Å². The van der Waals surface area contributed by atoms with Gasteiger partial charge in [0.05, 0.1) is 4.90 Å². The minimum Gasteiger partial charge on any atom is -0.315 e. The SMILES string of the molecule is CCCNCCNS(=O)(=O)c1ccc(Br)cc1. The van der Waals surface area contributed by atoms with Crippen LogP contribution in [-0.2, 0) is 10.0 Å². The van der Waals surface area contributed by atoms with Crippen LogP contribution in [0.1, 0.15) is 13.3 Å². The fraction of sp³-hybridized carbons (Fsp3) is 0.455. The van der Waals surface area contributed by atoms with Gasteiger partial charge in [0.2, 0.25) is 10.0 Å². The first-order chi connectivity index (χ1) is 8.06. The van der Waals surface area contributed by atoms with Crippen molar-refractivity contribution in [3.8, 4) is 0 Å². The van der Waals surface area contributed by atoms with Gasteiger partial charge in [-0.25, -0.2) is 13.1 Å². The zero-order valence-corrected chi connectivity index (χ0v) is 12.1. The number of benzene rings is 1. The lowest BCUT2D eigenvalue weighted by Crippen LogP contribution is -2.32. The molecule has 0 fully saturated rings. The van der Waals surface area contributed by atoms with E-state index in [1.165, 1.54) is 0 Å². The van der Waals surface area contributed by atoms with E-state index in [-0.39, 0.29) is 4.90 Å². The molecular weight excluding hydrogens is 304 g/mol. The molecule has 0 aliphatic carbocycles. The first-order valence-electron chi connectivity index (χ1n) is 5.52. The summed E-state index contributed by atoms with van der Waals surface area (Å²) in [5, 5.41) is 3.13. The van der Waals surface area contributed by atoms with Gasteiger partial charge in [0.25, 0.3) is 0 Å². The van der Waals surface area contributed by atoms with E-state index in [0.29, 0.717) is 13.1 Å². The minimum atomic E-state index is -3.38. The third kappa shape index (κ3) is 5.16. The van der Waals surface area contributed by atoms with Crippen LogP contribution in [0.5, 0.6) is 0 Å². The smallest absolute Gasteiger partial charge is 0.240 e. The lowest BCUT2D eigenvalue weighted by atomic mass is 10.4. The summed E-state index contributed by atoms with van der Waals surface area (Å²) in [7, 11) is -3.38. The molecule has 0 saturated heterocycles. The molecule has 0 amide bonds. The standard InChI is InChI=1S/C11H17BrN2O2S/c1-2-7-13-8-9-14-17(15,16)11-5-3-10(12)4-6-11/h3-6,13-14H,2,7-9H2,1H3. The maximum absolute atomic E-state index is 11.8. The van der Waals surface area contributed by atoms with Crippen LogP contribution in [0.3, 0.4) is 0 Å². The first-order valence-corrected chi connectivity index (χ1v) is 7.80. The molecule has 6 heteroatoms.